The Morgan fingerprint density at radius 2 is 1.82 bits per heavy atom. The van der Waals surface area contributed by atoms with E-state index in [2.05, 4.69) is 5.32 Å². The van der Waals surface area contributed by atoms with Crippen LogP contribution in [0.1, 0.15) is 46.5 Å². The van der Waals surface area contributed by atoms with Gasteiger partial charge in [0.1, 0.15) is 0 Å². The Morgan fingerprint density at radius 3 is 2.24 bits per heavy atom. The van der Waals surface area contributed by atoms with E-state index in [1.54, 1.807) is 0 Å². The van der Waals surface area contributed by atoms with E-state index in [9.17, 15) is 9.59 Å². The van der Waals surface area contributed by atoms with Gasteiger partial charge in [-0.25, -0.2) is 0 Å². The molecule has 17 heavy (non-hydrogen) atoms. The minimum absolute atomic E-state index is 0. The monoisotopic (exact) mass is 265 g/mol. The largest absolute Gasteiger partial charge is 0.481 e. The molecule has 1 unspecified atom stereocenters. The molecular formula is C12H24ClNO3. The number of rotatable bonds is 8. The lowest BCUT2D eigenvalue weighted by Gasteiger charge is -2.13. The van der Waals surface area contributed by atoms with E-state index in [1.807, 2.05) is 20.8 Å². The molecular weight excluding hydrogens is 242 g/mol. The number of unbranched alkanes of at least 4 members (excludes halogenated alkanes) is 1. The zero-order valence-corrected chi connectivity index (χ0v) is 11.7. The summed E-state index contributed by atoms with van der Waals surface area (Å²) >= 11 is 0. The molecule has 0 radical (unpaired) electrons. The molecule has 0 fully saturated rings. The van der Waals surface area contributed by atoms with E-state index in [0.717, 1.165) is 12.8 Å². The number of halogens is 1. The molecule has 0 heterocycles. The van der Waals surface area contributed by atoms with Crippen LogP contribution in [0.2, 0.25) is 0 Å². The first kappa shape index (κ1) is 18.6. The smallest absolute Gasteiger partial charge is 0.306 e. The van der Waals surface area contributed by atoms with Gasteiger partial charge in [-0.05, 0) is 12.8 Å². The van der Waals surface area contributed by atoms with Crippen LogP contribution >= 0.6 is 12.4 Å². The molecule has 0 saturated heterocycles. The first-order valence-corrected chi connectivity index (χ1v) is 5.99. The van der Waals surface area contributed by atoms with Crippen molar-refractivity contribution in [1.82, 2.24) is 5.32 Å². The van der Waals surface area contributed by atoms with Gasteiger partial charge < -0.3 is 10.4 Å². The van der Waals surface area contributed by atoms with Crippen LogP contribution in [0.5, 0.6) is 0 Å². The number of carbonyl (C=O) groups is 2. The van der Waals surface area contributed by atoms with Gasteiger partial charge in [0.2, 0.25) is 5.91 Å². The first-order chi connectivity index (χ1) is 7.49. The highest BCUT2D eigenvalue weighted by molar-refractivity contribution is 5.85. The maximum Gasteiger partial charge on any atom is 0.306 e. The number of aliphatic carboxylic acids is 1. The summed E-state index contributed by atoms with van der Waals surface area (Å²) in [6, 6.07) is 0. The summed E-state index contributed by atoms with van der Waals surface area (Å²) < 4.78 is 0. The maximum atomic E-state index is 11.2. The van der Waals surface area contributed by atoms with Gasteiger partial charge >= 0.3 is 5.97 Å². The van der Waals surface area contributed by atoms with E-state index in [-0.39, 0.29) is 30.2 Å². The van der Waals surface area contributed by atoms with Gasteiger partial charge in [-0.15, -0.1) is 12.4 Å². The molecule has 0 aliphatic heterocycles. The summed E-state index contributed by atoms with van der Waals surface area (Å²) in [5, 5.41) is 11.7. The second-order valence-corrected chi connectivity index (χ2v) is 4.41. The van der Waals surface area contributed by atoms with Crippen molar-refractivity contribution in [1.29, 1.82) is 0 Å². The van der Waals surface area contributed by atoms with Gasteiger partial charge in [0, 0.05) is 12.5 Å². The summed E-state index contributed by atoms with van der Waals surface area (Å²) in [5.41, 5.74) is 0. The predicted octanol–water partition coefficient (Wildman–Crippen LogP) is 2.46. The molecule has 0 spiro atoms. The number of hydrogen-bond acceptors (Lipinski definition) is 2. The molecule has 0 bridgehead atoms. The average molecular weight is 266 g/mol. The topological polar surface area (TPSA) is 66.4 Å². The second-order valence-electron chi connectivity index (χ2n) is 4.41. The van der Waals surface area contributed by atoms with Crippen LogP contribution in [0.15, 0.2) is 0 Å². The van der Waals surface area contributed by atoms with Crippen molar-refractivity contribution >= 4 is 24.3 Å². The minimum Gasteiger partial charge on any atom is -0.481 e. The third-order valence-electron chi connectivity index (χ3n) is 2.57. The molecule has 0 aliphatic carbocycles. The van der Waals surface area contributed by atoms with Crippen LogP contribution in [0.25, 0.3) is 0 Å². The lowest BCUT2D eigenvalue weighted by atomic mass is 9.98. The lowest BCUT2D eigenvalue weighted by molar-refractivity contribution is -0.142. The molecule has 102 valence electrons. The van der Waals surface area contributed by atoms with Crippen molar-refractivity contribution in [2.75, 3.05) is 6.54 Å². The maximum absolute atomic E-state index is 11.2. The number of hydrogen-bond donors (Lipinski definition) is 2. The molecule has 1 amide bonds. The molecule has 0 aromatic heterocycles. The van der Waals surface area contributed by atoms with Crippen LogP contribution in [-0.4, -0.2) is 23.5 Å². The van der Waals surface area contributed by atoms with E-state index in [0.29, 0.717) is 19.4 Å². The first-order valence-electron chi connectivity index (χ1n) is 5.99. The highest BCUT2D eigenvalue weighted by Gasteiger charge is 2.16. The molecule has 0 aromatic carbocycles. The quantitative estimate of drug-likeness (QED) is 0.708. The number of nitrogens with one attached hydrogen (secondary N) is 1. The number of carboxylic acids is 1. The van der Waals surface area contributed by atoms with Gasteiger partial charge in [-0.2, -0.15) is 0 Å². The molecule has 0 rings (SSSR count). The predicted molar refractivity (Wildman–Crippen MR) is 70.4 cm³/mol. The Morgan fingerprint density at radius 1 is 1.24 bits per heavy atom. The van der Waals surface area contributed by atoms with Crippen LogP contribution in [0.3, 0.4) is 0 Å². The van der Waals surface area contributed by atoms with Crippen molar-refractivity contribution in [3.63, 3.8) is 0 Å². The van der Waals surface area contributed by atoms with Crippen molar-refractivity contribution < 1.29 is 14.7 Å². The molecule has 5 heteroatoms. The third kappa shape index (κ3) is 8.98. The zero-order chi connectivity index (χ0) is 12.6. The molecule has 0 aromatic rings. The zero-order valence-electron chi connectivity index (χ0n) is 10.9. The average Bonchev–Trinajstić information content (AvgIpc) is 2.21. The summed E-state index contributed by atoms with van der Waals surface area (Å²) in [6.45, 7) is 6.14. The van der Waals surface area contributed by atoms with E-state index < -0.39 is 5.97 Å². The number of carboxylic acid groups (broad SMARTS) is 1. The summed E-state index contributed by atoms with van der Waals surface area (Å²) in [5.74, 6) is -1.14. The Bertz CT molecular complexity index is 232. The Labute approximate surface area is 110 Å². The molecule has 1 atom stereocenters. The fourth-order valence-corrected chi connectivity index (χ4v) is 1.42. The minimum atomic E-state index is -0.757. The van der Waals surface area contributed by atoms with Gasteiger partial charge in [-0.3, -0.25) is 9.59 Å². The van der Waals surface area contributed by atoms with E-state index in [1.165, 1.54) is 0 Å². The Balaban J connectivity index is 0. The van der Waals surface area contributed by atoms with Crippen LogP contribution in [0.4, 0.5) is 0 Å². The van der Waals surface area contributed by atoms with Gasteiger partial charge in [0.05, 0.1) is 5.92 Å². The normalized spacial score (nSPS) is 11.8. The SMILES string of the molecule is CCCCC(CCNC(=O)C(C)C)C(=O)O.Cl. The van der Waals surface area contributed by atoms with Gasteiger partial charge in [-0.1, -0.05) is 33.6 Å². The lowest BCUT2D eigenvalue weighted by Crippen LogP contribution is -2.30. The van der Waals surface area contributed by atoms with Crippen LogP contribution < -0.4 is 5.32 Å². The Kier molecular flexibility index (Phi) is 11.4. The van der Waals surface area contributed by atoms with Crippen molar-refractivity contribution in [2.45, 2.75) is 46.5 Å². The number of amides is 1. The molecule has 4 nitrogen and oxygen atoms in total. The highest BCUT2D eigenvalue weighted by Crippen LogP contribution is 2.12. The van der Waals surface area contributed by atoms with Crippen molar-refractivity contribution in [3.05, 3.63) is 0 Å². The fraction of sp³-hybridized carbons (Fsp3) is 0.833. The van der Waals surface area contributed by atoms with Gasteiger partial charge in [0.15, 0.2) is 0 Å². The third-order valence-corrected chi connectivity index (χ3v) is 2.57. The standard InChI is InChI=1S/C12H23NO3.ClH/c1-4-5-6-10(12(15)16)7-8-13-11(14)9(2)3;/h9-10H,4-8H2,1-3H3,(H,13,14)(H,15,16);1H. The molecule has 2 N–H and O–H groups in total. The van der Waals surface area contributed by atoms with Crippen LogP contribution in [0, 0.1) is 11.8 Å². The molecule has 0 saturated carbocycles. The molecule has 0 aliphatic rings. The highest BCUT2D eigenvalue weighted by atomic mass is 35.5. The van der Waals surface area contributed by atoms with Gasteiger partial charge in [0.25, 0.3) is 0 Å². The summed E-state index contributed by atoms with van der Waals surface area (Å²) in [7, 11) is 0. The van der Waals surface area contributed by atoms with E-state index in [4.69, 9.17) is 5.11 Å². The fourth-order valence-electron chi connectivity index (χ4n) is 1.42. The van der Waals surface area contributed by atoms with Crippen LogP contribution in [-0.2, 0) is 9.59 Å². The second kappa shape index (κ2) is 10.4. The van der Waals surface area contributed by atoms with Crippen molar-refractivity contribution in [2.24, 2.45) is 11.8 Å². The summed E-state index contributed by atoms with van der Waals surface area (Å²) in [6.07, 6.45) is 3.15. The van der Waals surface area contributed by atoms with Crippen molar-refractivity contribution in [3.8, 4) is 0 Å². The van der Waals surface area contributed by atoms with E-state index >= 15 is 0 Å². The Hall–Kier alpha value is -0.770. The summed E-state index contributed by atoms with van der Waals surface area (Å²) in [4.78, 5) is 22.2. The number of carbonyl (C=O) groups excluding carboxylic acids is 1.